The topological polar surface area (TPSA) is 67.4 Å². The lowest BCUT2D eigenvalue weighted by Gasteiger charge is -2.24. The Morgan fingerprint density at radius 2 is 2.10 bits per heavy atom. The molecule has 2 aliphatic rings. The highest BCUT2D eigenvalue weighted by Crippen LogP contribution is 2.26. The summed E-state index contributed by atoms with van der Waals surface area (Å²) in [6, 6.07) is 6.10. The van der Waals surface area contributed by atoms with Gasteiger partial charge in [0.15, 0.2) is 0 Å². The summed E-state index contributed by atoms with van der Waals surface area (Å²) < 4.78 is 32.7. The minimum absolute atomic E-state index is 0.321. The first-order valence-corrected chi connectivity index (χ1v) is 9.12. The molecule has 21 heavy (non-hydrogen) atoms. The van der Waals surface area contributed by atoms with Crippen molar-refractivity contribution in [2.24, 2.45) is 0 Å². The molecule has 1 saturated heterocycles. The van der Waals surface area contributed by atoms with E-state index in [0.29, 0.717) is 32.6 Å². The van der Waals surface area contributed by atoms with Gasteiger partial charge in [-0.2, -0.15) is 0 Å². The molecule has 0 atom stereocenters. The van der Waals surface area contributed by atoms with E-state index < -0.39 is 10.0 Å². The third-order valence-corrected chi connectivity index (χ3v) is 6.13. The predicted octanol–water partition coefficient (Wildman–Crippen LogP) is 1.64. The summed E-state index contributed by atoms with van der Waals surface area (Å²) in [4.78, 5) is 0. The lowest BCUT2D eigenvalue weighted by atomic mass is 9.99. The molecule has 2 aliphatic heterocycles. The summed E-state index contributed by atoms with van der Waals surface area (Å²) in [5, 5.41) is 3.07. The molecule has 1 aromatic rings. The van der Waals surface area contributed by atoms with Crippen LogP contribution < -0.4 is 10.0 Å². The average Bonchev–Trinajstić information content (AvgIpc) is 2.54. The van der Waals surface area contributed by atoms with E-state index in [0.717, 1.165) is 30.6 Å². The van der Waals surface area contributed by atoms with Gasteiger partial charge in [0.25, 0.3) is 0 Å². The zero-order valence-electron chi connectivity index (χ0n) is 12.1. The van der Waals surface area contributed by atoms with Gasteiger partial charge in [0.05, 0.1) is 5.25 Å². The monoisotopic (exact) mass is 310 g/mol. The molecule has 2 N–H and O–H groups in total. The van der Waals surface area contributed by atoms with E-state index in [2.05, 4.69) is 16.1 Å². The second-order valence-corrected chi connectivity index (χ2v) is 7.70. The number of hydrogen-bond acceptors (Lipinski definition) is 4. The van der Waals surface area contributed by atoms with Gasteiger partial charge < -0.3 is 10.1 Å². The molecule has 1 aromatic carbocycles. The number of nitrogens with one attached hydrogen (secondary N) is 2. The number of para-hydroxylation sites is 1. The van der Waals surface area contributed by atoms with Crippen molar-refractivity contribution in [2.75, 3.05) is 25.1 Å². The standard InChI is InChI=1S/C15H22N2O3S/c18-21(19,14-6-9-20-10-7-14)17-11-13-4-1-3-12-5-2-8-16-15(12)13/h1,3-4,14,16-17H,2,5-11H2. The number of aryl methyl sites for hydroxylation is 1. The van der Waals surface area contributed by atoms with Crippen LogP contribution in [0.4, 0.5) is 5.69 Å². The highest BCUT2D eigenvalue weighted by molar-refractivity contribution is 7.90. The zero-order valence-corrected chi connectivity index (χ0v) is 12.9. The third-order valence-electron chi connectivity index (χ3n) is 4.23. The molecule has 0 spiro atoms. The Balaban J connectivity index is 1.70. The summed E-state index contributed by atoms with van der Waals surface area (Å²) in [5.74, 6) is 0. The molecule has 2 heterocycles. The van der Waals surface area contributed by atoms with Crippen molar-refractivity contribution < 1.29 is 13.2 Å². The normalized spacial score (nSPS) is 19.8. The summed E-state index contributed by atoms with van der Waals surface area (Å²) in [5.41, 5.74) is 3.42. The van der Waals surface area contributed by atoms with Crippen LogP contribution in [0.15, 0.2) is 18.2 Å². The maximum absolute atomic E-state index is 12.3. The van der Waals surface area contributed by atoms with Gasteiger partial charge in [0.2, 0.25) is 10.0 Å². The maximum atomic E-state index is 12.3. The van der Waals surface area contributed by atoms with Gasteiger partial charge in [-0.3, -0.25) is 0 Å². The zero-order chi connectivity index (χ0) is 14.7. The summed E-state index contributed by atoms with van der Waals surface area (Å²) in [6.45, 7) is 2.38. The van der Waals surface area contributed by atoms with Crippen LogP contribution in [-0.4, -0.2) is 33.4 Å². The predicted molar refractivity (Wildman–Crippen MR) is 82.9 cm³/mol. The molecule has 0 radical (unpaired) electrons. The largest absolute Gasteiger partial charge is 0.385 e. The fourth-order valence-electron chi connectivity index (χ4n) is 3.01. The number of hydrogen-bond donors (Lipinski definition) is 2. The van der Waals surface area contributed by atoms with Gasteiger partial charge in [0, 0.05) is 32.0 Å². The minimum atomic E-state index is -3.27. The fraction of sp³-hybridized carbons (Fsp3) is 0.600. The molecule has 0 amide bonds. The van der Waals surface area contributed by atoms with Crippen LogP contribution in [0.5, 0.6) is 0 Å². The van der Waals surface area contributed by atoms with E-state index in [4.69, 9.17) is 4.74 Å². The number of sulfonamides is 1. The van der Waals surface area contributed by atoms with Crippen molar-refractivity contribution in [3.05, 3.63) is 29.3 Å². The van der Waals surface area contributed by atoms with Crippen molar-refractivity contribution in [2.45, 2.75) is 37.5 Å². The molecule has 6 heteroatoms. The molecular formula is C15H22N2O3S. The molecule has 0 unspecified atom stereocenters. The number of benzene rings is 1. The molecule has 5 nitrogen and oxygen atoms in total. The van der Waals surface area contributed by atoms with Crippen LogP contribution in [0, 0.1) is 0 Å². The van der Waals surface area contributed by atoms with Gasteiger partial charge >= 0.3 is 0 Å². The summed E-state index contributed by atoms with van der Waals surface area (Å²) in [6.07, 6.45) is 3.36. The van der Waals surface area contributed by atoms with E-state index in [1.165, 1.54) is 5.56 Å². The summed E-state index contributed by atoms with van der Waals surface area (Å²) in [7, 11) is -3.27. The van der Waals surface area contributed by atoms with Crippen LogP contribution in [0.25, 0.3) is 0 Å². The minimum Gasteiger partial charge on any atom is -0.385 e. The van der Waals surface area contributed by atoms with Crippen molar-refractivity contribution >= 4 is 15.7 Å². The van der Waals surface area contributed by atoms with E-state index in [-0.39, 0.29) is 5.25 Å². The van der Waals surface area contributed by atoms with Gasteiger partial charge in [0.1, 0.15) is 0 Å². The van der Waals surface area contributed by atoms with Crippen molar-refractivity contribution in [3.63, 3.8) is 0 Å². The highest BCUT2D eigenvalue weighted by atomic mass is 32.2. The number of ether oxygens (including phenoxy) is 1. The molecule has 116 valence electrons. The Kier molecular flexibility index (Phi) is 4.47. The van der Waals surface area contributed by atoms with E-state index in [1.54, 1.807) is 0 Å². The number of fused-ring (bicyclic) bond motifs is 1. The molecule has 0 saturated carbocycles. The van der Waals surface area contributed by atoms with Crippen LogP contribution in [0.2, 0.25) is 0 Å². The number of rotatable bonds is 4. The van der Waals surface area contributed by atoms with E-state index in [1.807, 2.05) is 12.1 Å². The first-order valence-electron chi connectivity index (χ1n) is 7.58. The first kappa shape index (κ1) is 14.8. The average molecular weight is 310 g/mol. The Hall–Kier alpha value is -1.11. The fourth-order valence-corrected chi connectivity index (χ4v) is 4.42. The van der Waals surface area contributed by atoms with Crippen molar-refractivity contribution in [1.82, 2.24) is 4.72 Å². The molecule has 0 aromatic heterocycles. The quantitative estimate of drug-likeness (QED) is 0.887. The van der Waals surface area contributed by atoms with Gasteiger partial charge in [-0.1, -0.05) is 18.2 Å². The van der Waals surface area contributed by atoms with Crippen LogP contribution in [-0.2, 0) is 27.7 Å². The first-order chi connectivity index (χ1) is 10.2. The molecule has 3 rings (SSSR count). The summed E-state index contributed by atoms with van der Waals surface area (Å²) >= 11 is 0. The highest BCUT2D eigenvalue weighted by Gasteiger charge is 2.27. The second-order valence-electron chi connectivity index (χ2n) is 5.66. The maximum Gasteiger partial charge on any atom is 0.214 e. The van der Waals surface area contributed by atoms with Gasteiger partial charge in [-0.05, 0) is 36.8 Å². The lowest BCUT2D eigenvalue weighted by Crippen LogP contribution is -2.37. The molecule has 0 bridgehead atoms. The third kappa shape index (κ3) is 3.39. The smallest absolute Gasteiger partial charge is 0.214 e. The number of anilines is 1. The van der Waals surface area contributed by atoms with Crippen LogP contribution in [0.3, 0.4) is 0 Å². The lowest BCUT2D eigenvalue weighted by molar-refractivity contribution is 0.0981. The molecule has 1 fully saturated rings. The van der Waals surface area contributed by atoms with E-state index in [9.17, 15) is 8.42 Å². The van der Waals surface area contributed by atoms with E-state index >= 15 is 0 Å². The van der Waals surface area contributed by atoms with Crippen molar-refractivity contribution in [3.8, 4) is 0 Å². The Labute approximate surface area is 126 Å². The Morgan fingerprint density at radius 1 is 1.29 bits per heavy atom. The van der Waals surface area contributed by atoms with Gasteiger partial charge in [-0.25, -0.2) is 13.1 Å². The van der Waals surface area contributed by atoms with Crippen molar-refractivity contribution in [1.29, 1.82) is 0 Å². The Bertz CT molecular complexity index is 595. The van der Waals surface area contributed by atoms with Gasteiger partial charge in [-0.15, -0.1) is 0 Å². The molecular weight excluding hydrogens is 288 g/mol. The van der Waals surface area contributed by atoms with Crippen LogP contribution >= 0.6 is 0 Å². The second kappa shape index (κ2) is 6.34. The molecule has 0 aliphatic carbocycles. The Morgan fingerprint density at radius 3 is 2.90 bits per heavy atom. The SMILES string of the molecule is O=S(=O)(NCc1cccc2c1NCCC2)C1CCOCC1. The van der Waals surface area contributed by atoms with Crippen LogP contribution in [0.1, 0.15) is 30.4 Å².